The van der Waals surface area contributed by atoms with E-state index >= 15 is 0 Å². The number of hydrogen-bond acceptors (Lipinski definition) is 5. The van der Waals surface area contributed by atoms with Gasteiger partial charge in [-0.25, -0.2) is 4.98 Å². The molecule has 0 amide bonds. The van der Waals surface area contributed by atoms with E-state index in [-0.39, 0.29) is 6.10 Å². The molecule has 0 unspecified atom stereocenters. The molecule has 0 saturated carbocycles. The van der Waals surface area contributed by atoms with Gasteiger partial charge in [0.25, 0.3) is 5.89 Å². The van der Waals surface area contributed by atoms with Crippen LogP contribution < -0.4 is 4.74 Å². The number of fused-ring (bicyclic) bond motifs is 1. The summed E-state index contributed by atoms with van der Waals surface area (Å²) in [5.74, 6) is 1.74. The highest BCUT2D eigenvalue weighted by molar-refractivity contribution is 9.10. The molecule has 0 radical (unpaired) electrons. The summed E-state index contributed by atoms with van der Waals surface area (Å²) in [7, 11) is 0. The van der Waals surface area contributed by atoms with Gasteiger partial charge in [-0.1, -0.05) is 21.1 Å². The van der Waals surface area contributed by atoms with E-state index in [0.29, 0.717) is 17.6 Å². The molecule has 6 heteroatoms. The van der Waals surface area contributed by atoms with Crippen molar-refractivity contribution in [3.05, 3.63) is 46.6 Å². The highest BCUT2D eigenvalue weighted by atomic mass is 79.9. The molecule has 1 atom stereocenters. The monoisotopic (exact) mass is 371 g/mol. The summed E-state index contributed by atoms with van der Waals surface area (Å²) in [4.78, 5) is 8.85. The smallest absolute Gasteiger partial charge is 0.259 e. The maximum atomic E-state index is 5.73. The van der Waals surface area contributed by atoms with Crippen LogP contribution in [0, 0.1) is 0 Å². The Kier molecular flexibility index (Phi) is 3.61. The molecule has 3 aromatic rings. The minimum absolute atomic E-state index is 0.216. The molecule has 4 rings (SSSR count). The molecule has 3 heterocycles. The highest BCUT2D eigenvalue weighted by Crippen LogP contribution is 2.30. The first-order chi connectivity index (χ1) is 11.2. The number of hydrogen-bond donors (Lipinski definition) is 0. The minimum Gasteiger partial charge on any atom is -0.474 e. The van der Waals surface area contributed by atoms with E-state index in [1.807, 2.05) is 30.3 Å². The lowest BCUT2D eigenvalue weighted by atomic mass is 10.0. The van der Waals surface area contributed by atoms with E-state index in [2.05, 4.69) is 38.0 Å². The Bertz CT molecular complexity index is 845. The summed E-state index contributed by atoms with van der Waals surface area (Å²) in [5.41, 5.74) is 2.81. The van der Waals surface area contributed by atoms with Crippen molar-refractivity contribution in [2.24, 2.45) is 0 Å². The standard InChI is InChI=1S/C17H14BrN3O2/c1-10-2-3-12-8-13(9-19-16(12)22-10)17-20-15(21-23-17)11-4-6-14(18)7-5-11/h4-10H,2-3H2,1H3/t10-/m1/s1. The van der Waals surface area contributed by atoms with Gasteiger partial charge in [-0.3, -0.25) is 0 Å². The van der Waals surface area contributed by atoms with Gasteiger partial charge in [0.2, 0.25) is 11.7 Å². The van der Waals surface area contributed by atoms with Crippen LogP contribution in [0.25, 0.3) is 22.8 Å². The van der Waals surface area contributed by atoms with Crippen LogP contribution in [0.3, 0.4) is 0 Å². The van der Waals surface area contributed by atoms with Gasteiger partial charge in [0.05, 0.1) is 11.7 Å². The van der Waals surface area contributed by atoms with Crippen molar-refractivity contribution in [3.8, 4) is 28.7 Å². The van der Waals surface area contributed by atoms with Crippen LogP contribution >= 0.6 is 15.9 Å². The highest BCUT2D eigenvalue weighted by Gasteiger charge is 2.19. The van der Waals surface area contributed by atoms with Gasteiger partial charge < -0.3 is 9.26 Å². The average molecular weight is 372 g/mol. The largest absolute Gasteiger partial charge is 0.474 e. The summed E-state index contributed by atoms with van der Waals surface area (Å²) < 4.78 is 12.1. The van der Waals surface area contributed by atoms with Gasteiger partial charge in [0.15, 0.2) is 0 Å². The van der Waals surface area contributed by atoms with Gasteiger partial charge in [0, 0.05) is 21.8 Å². The predicted octanol–water partition coefficient (Wildman–Crippen LogP) is 4.27. The Labute approximate surface area is 141 Å². The van der Waals surface area contributed by atoms with Crippen LogP contribution in [0.2, 0.25) is 0 Å². The number of halogens is 1. The fourth-order valence-corrected chi connectivity index (χ4v) is 2.83. The van der Waals surface area contributed by atoms with Crippen LogP contribution in [-0.2, 0) is 6.42 Å². The molecule has 23 heavy (non-hydrogen) atoms. The number of rotatable bonds is 2. The molecular weight excluding hydrogens is 358 g/mol. The summed E-state index contributed by atoms with van der Waals surface area (Å²) in [5, 5.41) is 4.06. The molecule has 0 aliphatic carbocycles. The summed E-state index contributed by atoms with van der Waals surface area (Å²) in [6.45, 7) is 2.06. The van der Waals surface area contributed by atoms with Crippen molar-refractivity contribution in [2.75, 3.05) is 0 Å². The first-order valence-corrected chi connectivity index (χ1v) is 8.24. The summed E-state index contributed by atoms with van der Waals surface area (Å²) in [6.07, 6.45) is 3.88. The Morgan fingerprint density at radius 2 is 2.00 bits per heavy atom. The molecule has 5 nitrogen and oxygen atoms in total. The lowest BCUT2D eigenvalue weighted by Gasteiger charge is -2.21. The second kappa shape index (κ2) is 5.77. The lowest BCUT2D eigenvalue weighted by molar-refractivity contribution is 0.183. The van der Waals surface area contributed by atoms with Gasteiger partial charge in [-0.15, -0.1) is 0 Å². The molecule has 1 aromatic carbocycles. The Hall–Kier alpha value is -2.21. The number of benzene rings is 1. The molecule has 2 aromatic heterocycles. The average Bonchev–Trinajstić information content (AvgIpc) is 3.05. The minimum atomic E-state index is 0.216. The van der Waals surface area contributed by atoms with E-state index < -0.39 is 0 Å². The molecule has 116 valence electrons. The van der Waals surface area contributed by atoms with E-state index in [1.54, 1.807) is 6.20 Å². The van der Waals surface area contributed by atoms with Crippen molar-refractivity contribution < 1.29 is 9.26 Å². The quantitative estimate of drug-likeness (QED) is 0.672. The topological polar surface area (TPSA) is 61.0 Å². The van der Waals surface area contributed by atoms with Gasteiger partial charge >= 0.3 is 0 Å². The van der Waals surface area contributed by atoms with E-state index in [0.717, 1.165) is 34.0 Å². The van der Waals surface area contributed by atoms with Crippen molar-refractivity contribution in [2.45, 2.75) is 25.9 Å². The normalized spacial score (nSPS) is 16.7. The molecule has 0 bridgehead atoms. The third kappa shape index (κ3) is 2.86. The Morgan fingerprint density at radius 1 is 1.17 bits per heavy atom. The second-order valence-electron chi connectivity index (χ2n) is 5.59. The van der Waals surface area contributed by atoms with Gasteiger partial charge in [-0.05, 0) is 50.1 Å². The fourth-order valence-electron chi connectivity index (χ4n) is 2.57. The number of aromatic nitrogens is 3. The Morgan fingerprint density at radius 3 is 2.83 bits per heavy atom. The number of ether oxygens (including phenoxy) is 1. The van der Waals surface area contributed by atoms with Crippen LogP contribution in [0.5, 0.6) is 5.88 Å². The maximum Gasteiger partial charge on any atom is 0.259 e. The number of pyridine rings is 1. The van der Waals surface area contributed by atoms with Crippen LogP contribution in [0.4, 0.5) is 0 Å². The van der Waals surface area contributed by atoms with Gasteiger partial charge in [0.1, 0.15) is 0 Å². The molecule has 1 aliphatic heterocycles. The zero-order valence-corrected chi connectivity index (χ0v) is 14.1. The molecule has 0 N–H and O–H groups in total. The number of aryl methyl sites for hydroxylation is 1. The molecular formula is C17H14BrN3O2. The summed E-state index contributed by atoms with van der Waals surface area (Å²) in [6, 6.07) is 9.81. The molecule has 0 saturated heterocycles. The SMILES string of the molecule is C[C@@H]1CCc2cc(-c3nc(-c4ccc(Br)cc4)no3)cnc2O1. The van der Waals surface area contributed by atoms with E-state index in [1.165, 1.54) is 0 Å². The van der Waals surface area contributed by atoms with Crippen molar-refractivity contribution in [1.29, 1.82) is 0 Å². The second-order valence-corrected chi connectivity index (χ2v) is 6.50. The van der Waals surface area contributed by atoms with Crippen LogP contribution in [0.15, 0.2) is 45.5 Å². The molecule has 0 fully saturated rings. The zero-order valence-electron chi connectivity index (χ0n) is 12.5. The first kappa shape index (κ1) is 14.4. The Balaban J connectivity index is 1.65. The van der Waals surface area contributed by atoms with Crippen LogP contribution in [-0.4, -0.2) is 21.2 Å². The first-order valence-electron chi connectivity index (χ1n) is 7.44. The molecule has 1 aliphatic rings. The van der Waals surface area contributed by atoms with Crippen molar-refractivity contribution in [1.82, 2.24) is 15.1 Å². The van der Waals surface area contributed by atoms with E-state index in [9.17, 15) is 0 Å². The third-order valence-corrected chi connectivity index (χ3v) is 4.36. The van der Waals surface area contributed by atoms with Crippen LogP contribution in [0.1, 0.15) is 18.9 Å². The molecule has 0 spiro atoms. The maximum absolute atomic E-state index is 5.73. The lowest BCUT2D eigenvalue weighted by Crippen LogP contribution is -2.19. The van der Waals surface area contributed by atoms with Gasteiger partial charge in [-0.2, -0.15) is 4.98 Å². The predicted molar refractivity (Wildman–Crippen MR) is 89.1 cm³/mol. The summed E-state index contributed by atoms with van der Waals surface area (Å²) >= 11 is 3.41. The fraction of sp³-hybridized carbons (Fsp3) is 0.235. The van der Waals surface area contributed by atoms with E-state index in [4.69, 9.17) is 9.26 Å². The number of nitrogens with zero attached hydrogens (tertiary/aromatic N) is 3. The third-order valence-electron chi connectivity index (χ3n) is 3.83. The van der Waals surface area contributed by atoms with Crippen molar-refractivity contribution >= 4 is 15.9 Å². The van der Waals surface area contributed by atoms with Crippen molar-refractivity contribution in [3.63, 3.8) is 0 Å². The zero-order chi connectivity index (χ0) is 15.8.